The number of sulfone groups is 1. The third kappa shape index (κ3) is 3.89. The average molecular weight is 362 g/mol. The van der Waals surface area contributed by atoms with E-state index in [4.69, 9.17) is 0 Å². The highest BCUT2D eigenvalue weighted by Gasteiger charge is 2.23. The van der Waals surface area contributed by atoms with Gasteiger partial charge in [0.15, 0.2) is 9.84 Å². The Morgan fingerprint density at radius 2 is 2.16 bits per heavy atom. The molecule has 1 fully saturated rings. The molecule has 1 aliphatic rings. The molecule has 1 saturated heterocycles. The zero-order chi connectivity index (χ0) is 18.0. The van der Waals surface area contributed by atoms with Crippen LogP contribution in [0.3, 0.4) is 0 Å². The Kier molecular flexibility index (Phi) is 4.89. The van der Waals surface area contributed by atoms with E-state index >= 15 is 0 Å². The Balaban J connectivity index is 1.95. The van der Waals surface area contributed by atoms with E-state index in [1.165, 1.54) is 12.6 Å². The SMILES string of the molecule is CCC(=O)NC1CCCN(c2ncnc3ccc(S(C)(=O)=O)cc23)C1. The number of hydrogen-bond acceptors (Lipinski definition) is 6. The predicted molar refractivity (Wildman–Crippen MR) is 96.3 cm³/mol. The maximum Gasteiger partial charge on any atom is 0.219 e. The van der Waals surface area contributed by atoms with E-state index in [-0.39, 0.29) is 16.8 Å². The van der Waals surface area contributed by atoms with Crippen LogP contribution in [0.15, 0.2) is 29.4 Å². The quantitative estimate of drug-likeness (QED) is 0.887. The minimum Gasteiger partial charge on any atom is -0.354 e. The molecule has 1 aliphatic heterocycles. The van der Waals surface area contributed by atoms with Crippen molar-refractivity contribution in [2.75, 3.05) is 24.2 Å². The minimum atomic E-state index is -3.30. The van der Waals surface area contributed by atoms with E-state index in [1.807, 2.05) is 6.92 Å². The number of carbonyl (C=O) groups is 1. The summed E-state index contributed by atoms with van der Waals surface area (Å²) in [6.45, 7) is 3.30. The van der Waals surface area contributed by atoms with Crippen LogP contribution in [-0.4, -0.2) is 49.7 Å². The van der Waals surface area contributed by atoms with Gasteiger partial charge in [0.25, 0.3) is 0 Å². The highest BCUT2D eigenvalue weighted by molar-refractivity contribution is 7.90. The van der Waals surface area contributed by atoms with Crippen molar-refractivity contribution in [3.05, 3.63) is 24.5 Å². The minimum absolute atomic E-state index is 0.0405. The summed E-state index contributed by atoms with van der Waals surface area (Å²) >= 11 is 0. The molecule has 0 bridgehead atoms. The van der Waals surface area contributed by atoms with Crippen molar-refractivity contribution in [3.63, 3.8) is 0 Å². The molecule has 0 saturated carbocycles. The molecule has 2 heterocycles. The summed E-state index contributed by atoms with van der Waals surface area (Å²) in [5, 5.41) is 3.75. The van der Waals surface area contributed by atoms with E-state index in [0.717, 1.165) is 19.4 Å². The van der Waals surface area contributed by atoms with Crippen molar-refractivity contribution in [1.82, 2.24) is 15.3 Å². The lowest BCUT2D eigenvalue weighted by Crippen LogP contribution is -2.48. The number of fused-ring (bicyclic) bond motifs is 1. The molecular weight excluding hydrogens is 340 g/mol. The molecule has 0 spiro atoms. The second-order valence-corrected chi connectivity index (χ2v) is 8.37. The number of anilines is 1. The number of amides is 1. The van der Waals surface area contributed by atoms with Crippen LogP contribution in [-0.2, 0) is 14.6 Å². The van der Waals surface area contributed by atoms with E-state index in [0.29, 0.717) is 29.7 Å². The maximum atomic E-state index is 11.9. The van der Waals surface area contributed by atoms with E-state index in [1.54, 1.807) is 18.2 Å². The molecule has 2 aromatic rings. The van der Waals surface area contributed by atoms with Gasteiger partial charge in [-0.25, -0.2) is 18.4 Å². The first-order valence-corrected chi connectivity index (χ1v) is 10.3. The molecule has 1 amide bonds. The summed E-state index contributed by atoms with van der Waals surface area (Å²) in [7, 11) is -3.30. The Morgan fingerprint density at radius 1 is 1.36 bits per heavy atom. The Morgan fingerprint density at radius 3 is 2.88 bits per heavy atom. The van der Waals surface area contributed by atoms with Crippen LogP contribution < -0.4 is 10.2 Å². The zero-order valence-corrected chi connectivity index (χ0v) is 15.2. The second-order valence-electron chi connectivity index (χ2n) is 6.35. The molecular formula is C17H22N4O3S. The molecule has 1 atom stereocenters. The molecule has 134 valence electrons. The molecule has 8 heteroatoms. The summed E-state index contributed by atoms with van der Waals surface area (Å²) in [6.07, 6.45) is 5.01. The lowest BCUT2D eigenvalue weighted by atomic mass is 10.0. The molecule has 0 aliphatic carbocycles. The van der Waals surface area contributed by atoms with Gasteiger partial charge in [0.1, 0.15) is 12.1 Å². The highest BCUT2D eigenvalue weighted by Crippen LogP contribution is 2.27. The fraction of sp³-hybridized carbons (Fsp3) is 0.471. The zero-order valence-electron chi connectivity index (χ0n) is 14.4. The van der Waals surface area contributed by atoms with Crippen molar-refractivity contribution in [3.8, 4) is 0 Å². The van der Waals surface area contributed by atoms with Gasteiger partial charge in [-0.3, -0.25) is 4.79 Å². The van der Waals surface area contributed by atoms with Crippen molar-refractivity contribution >= 4 is 32.5 Å². The Labute approximate surface area is 147 Å². The highest BCUT2D eigenvalue weighted by atomic mass is 32.2. The Bertz CT molecular complexity index is 898. The van der Waals surface area contributed by atoms with Crippen molar-refractivity contribution < 1.29 is 13.2 Å². The van der Waals surface area contributed by atoms with Gasteiger partial charge in [-0.1, -0.05) is 6.92 Å². The van der Waals surface area contributed by atoms with Crippen molar-refractivity contribution in [2.45, 2.75) is 37.1 Å². The predicted octanol–water partition coefficient (Wildman–Crippen LogP) is 1.53. The van der Waals surface area contributed by atoms with Gasteiger partial charge >= 0.3 is 0 Å². The van der Waals surface area contributed by atoms with E-state index < -0.39 is 9.84 Å². The monoisotopic (exact) mass is 362 g/mol. The first-order chi connectivity index (χ1) is 11.9. The number of piperidine rings is 1. The van der Waals surface area contributed by atoms with Gasteiger partial charge in [-0.2, -0.15) is 0 Å². The number of aromatic nitrogens is 2. The van der Waals surface area contributed by atoms with E-state index in [2.05, 4.69) is 20.2 Å². The van der Waals surface area contributed by atoms with Gasteiger partial charge in [-0.15, -0.1) is 0 Å². The molecule has 25 heavy (non-hydrogen) atoms. The van der Waals surface area contributed by atoms with Crippen molar-refractivity contribution in [2.24, 2.45) is 0 Å². The van der Waals surface area contributed by atoms with Gasteiger partial charge in [0.05, 0.1) is 10.4 Å². The molecule has 7 nitrogen and oxygen atoms in total. The topological polar surface area (TPSA) is 92.3 Å². The van der Waals surface area contributed by atoms with Gasteiger partial charge in [0, 0.05) is 37.2 Å². The molecule has 1 unspecified atom stereocenters. The average Bonchev–Trinajstić information content (AvgIpc) is 2.60. The number of benzene rings is 1. The van der Waals surface area contributed by atoms with Crippen LogP contribution in [0.4, 0.5) is 5.82 Å². The van der Waals surface area contributed by atoms with Gasteiger partial charge < -0.3 is 10.2 Å². The maximum absolute atomic E-state index is 11.9. The van der Waals surface area contributed by atoms with E-state index in [9.17, 15) is 13.2 Å². The third-order valence-electron chi connectivity index (χ3n) is 4.42. The molecule has 0 radical (unpaired) electrons. The van der Waals surface area contributed by atoms with Gasteiger partial charge in [-0.05, 0) is 31.0 Å². The summed E-state index contributed by atoms with van der Waals surface area (Å²) < 4.78 is 23.7. The summed E-state index contributed by atoms with van der Waals surface area (Å²) in [6, 6.07) is 4.98. The number of hydrogen-bond donors (Lipinski definition) is 1. The lowest BCUT2D eigenvalue weighted by Gasteiger charge is -2.34. The fourth-order valence-corrected chi connectivity index (χ4v) is 3.77. The largest absolute Gasteiger partial charge is 0.354 e. The van der Waals surface area contributed by atoms with Crippen LogP contribution in [0, 0.1) is 0 Å². The van der Waals surface area contributed by atoms with Crippen LogP contribution in [0.5, 0.6) is 0 Å². The molecule has 1 aromatic heterocycles. The molecule has 3 rings (SSSR count). The van der Waals surface area contributed by atoms with Crippen LogP contribution in [0.25, 0.3) is 10.9 Å². The number of rotatable bonds is 4. The standard InChI is InChI=1S/C17H22N4O3S/c1-3-16(22)20-12-5-4-8-21(10-12)17-14-9-13(25(2,23)24)6-7-15(14)18-11-19-17/h6-7,9,11-12H,3-5,8,10H2,1-2H3,(H,20,22). The fourth-order valence-electron chi connectivity index (χ4n) is 3.12. The molecule has 1 N–H and O–H groups in total. The number of nitrogens with one attached hydrogen (secondary N) is 1. The smallest absolute Gasteiger partial charge is 0.219 e. The van der Waals surface area contributed by atoms with Gasteiger partial charge in [0.2, 0.25) is 5.91 Å². The normalized spacial score (nSPS) is 18.3. The van der Waals surface area contributed by atoms with Crippen LogP contribution in [0.2, 0.25) is 0 Å². The second kappa shape index (κ2) is 6.95. The molecule has 1 aromatic carbocycles. The Hall–Kier alpha value is -2.22. The third-order valence-corrected chi connectivity index (χ3v) is 5.53. The summed E-state index contributed by atoms with van der Waals surface area (Å²) in [4.78, 5) is 22.7. The summed E-state index contributed by atoms with van der Waals surface area (Å²) in [5.41, 5.74) is 0.706. The van der Waals surface area contributed by atoms with Crippen molar-refractivity contribution in [1.29, 1.82) is 0 Å². The first-order valence-electron chi connectivity index (χ1n) is 8.37. The first kappa shape index (κ1) is 17.6. The number of nitrogens with zero attached hydrogens (tertiary/aromatic N) is 3. The number of carbonyl (C=O) groups excluding carboxylic acids is 1. The van der Waals surface area contributed by atoms with Crippen LogP contribution in [0.1, 0.15) is 26.2 Å². The summed E-state index contributed by atoms with van der Waals surface area (Å²) in [5.74, 6) is 0.754. The van der Waals surface area contributed by atoms with Crippen LogP contribution >= 0.6 is 0 Å². The lowest BCUT2D eigenvalue weighted by molar-refractivity contribution is -0.121.